The molecule has 2 aromatic heterocycles. The molecule has 0 radical (unpaired) electrons. The van der Waals surface area contributed by atoms with Crippen LogP contribution in [0.15, 0.2) is 35.4 Å². The summed E-state index contributed by atoms with van der Waals surface area (Å²) in [7, 11) is 0. The van der Waals surface area contributed by atoms with Crippen LogP contribution in [-0.4, -0.2) is 26.4 Å². The number of halogens is 1. The average molecular weight is 292 g/mol. The molecule has 1 aromatic carbocycles. The number of hydrogen-bond acceptors (Lipinski definition) is 5. The van der Waals surface area contributed by atoms with E-state index in [9.17, 15) is 0 Å². The normalized spacial score (nSPS) is 10.8. The maximum absolute atomic E-state index is 5.88. The van der Waals surface area contributed by atoms with Gasteiger partial charge in [0.15, 0.2) is 5.65 Å². The highest BCUT2D eigenvalue weighted by atomic mass is 35.5. The lowest BCUT2D eigenvalue weighted by Gasteiger charge is -2.07. The number of nitrogens with one attached hydrogen (secondary N) is 2. The van der Waals surface area contributed by atoms with E-state index >= 15 is 0 Å². The van der Waals surface area contributed by atoms with Crippen molar-refractivity contribution in [2.75, 3.05) is 11.6 Å². The molecule has 0 aliphatic rings. The van der Waals surface area contributed by atoms with Gasteiger partial charge in [0.05, 0.1) is 11.6 Å². The molecule has 0 bridgehead atoms. The molecule has 3 rings (SSSR count). The predicted octanol–water partition coefficient (Wildman–Crippen LogP) is 3.47. The summed E-state index contributed by atoms with van der Waals surface area (Å²) in [5.74, 6) is 0.639. The van der Waals surface area contributed by atoms with Gasteiger partial charge in [-0.15, -0.1) is 11.8 Å². The van der Waals surface area contributed by atoms with E-state index in [2.05, 4.69) is 25.5 Å². The summed E-state index contributed by atoms with van der Waals surface area (Å²) < 4.78 is 0. The highest BCUT2D eigenvalue weighted by Crippen LogP contribution is 2.25. The Hall–Kier alpha value is -1.79. The molecule has 0 aliphatic carbocycles. The molecule has 96 valence electrons. The Morgan fingerprint density at radius 2 is 2.00 bits per heavy atom. The van der Waals surface area contributed by atoms with Crippen molar-refractivity contribution in [1.29, 1.82) is 0 Å². The standard InChI is InChI=1S/C12H10ClN5S/c1-19-8-4-2-7(3-5-8)15-10-9-6-14-18-11(9)17-12(13)16-10/h2-6H,1H3,(H2,14,15,16,17,18). The minimum atomic E-state index is 0.181. The lowest BCUT2D eigenvalue weighted by Crippen LogP contribution is -1.96. The Bertz CT molecular complexity index is 710. The van der Waals surface area contributed by atoms with E-state index in [1.165, 1.54) is 4.90 Å². The van der Waals surface area contributed by atoms with Crippen LogP contribution in [0.1, 0.15) is 0 Å². The van der Waals surface area contributed by atoms with E-state index in [1.54, 1.807) is 18.0 Å². The van der Waals surface area contributed by atoms with Crippen LogP contribution >= 0.6 is 23.4 Å². The van der Waals surface area contributed by atoms with E-state index in [0.717, 1.165) is 11.1 Å². The summed E-state index contributed by atoms with van der Waals surface area (Å²) in [6, 6.07) is 8.08. The first kappa shape index (κ1) is 12.3. The van der Waals surface area contributed by atoms with Gasteiger partial charge < -0.3 is 5.32 Å². The van der Waals surface area contributed by atoms with Gasteiger partial charge in [0.1, 0.15) is 5.82 Å². The van der Waals surface area contributed by atoms with Gasteiger partial charge in [-0.05, 0) is 42.1 Å². The summed E-state index contributed by atoms with van der Waals surface area (Å²) >= 11 is 7.58. The molecular weight excluding hydrogens is 282 g/mol. The van der Waals surface area contributed by atoms with Crippen LogP contribution < -0.4 is 5.32 Å². The van der Waals surface area contributed by atoms with Gasteiger partial charge in [0, 0.05) is 10.6 Å². The number of fused-ring (bicyclic) bond motifs is 1. The molecule has 0 saturated heterocycles. The number of thioether (sulfide) groups is 1. The van der Waals surface area contributed by atoms with Gasteiger partial charge in [0.25, 0.3) is 0 Å². The third kappa shape index (κ3) is 2.50. The van der Waals surface area contributed by atoms with E-state index in [1.807, 2.05) is 30.5 Å². The molecule has 5 nitrogen and oxygen atoms in total. The third-order valence-corrected chi connectivity index (χ3v) is 3.55. The quantitative estimate of drug-likeness (QED) is 0.571. The number of aromatic amines is 1. The van der Waals surface area contributed by atoms with E-state index in [4.69, 9.17) is 11.6 Å². The molecule has 0 saturated carbocycles. The van der Waals surface area contributed by atoms with Crippen molar-refractivity contribution >= 4 is 45.9 Å². The smallest absolute Gasteiger partial charge is 0.226 e. The first-order valence-electron chi connectivity index (χ1n) is 5.54. The van der Waals surface area contributed by atoms with Gasteiger partial charge in [0.2, 0.25) is 5.28 Å². The van der Waals surface area contributed by atoms with Gasteiger partial charge in [-0.25, -0.2) is 0 Å². The lowest BCUT2D eigenvalue weighted by molar-refractivity contribution is 1.09. The van der Waals surface area contributed by atoms with Crippen LogP contribution in [0, 0.1) is 0 Å². The van der Waals surface area contributed by atoms with Crippen LogP contribution in [0.3, 0.4) is 0 Å². The number of H-pyrrole nitrogens is 1. The van der Waals surface area contributed by atoms with E-state index < -0.39 is 0 Å². The van der Waals surface area contributed by atoms with E-state index in [0.29, 0.717) is 11.5 Å². The summed E-state index contributed by atoms with van der Waals surface area (Å²) in [6.45, 7) is 0. The van der Waals surface area contributed by atoms with Crippen molar-refractivity contribution in [3.05, 3.63) is 35.7 Å². The number of aromatic nitrogens is 4. The molecule has 0 aliphatic heterocycles. The zero-order chi connectivity index (χ0) is 13.2. The fourth-order valence-electron chi connectivity index (χ4n) is 1.71. The molecule has 0 spiro atoms. The maximum atomic E-state index is 5.88. The molecule has 19 heavy (non-hydrogen) atoms. The Labute approximate surface area is 118 Å². The molecule has 0 unspecified atom stereocenters. The van der Waals surface area contributed by atoms with Crippen molar-refractivity contribution in [3.8, 4) is 0 Å². The molecule has 0 fully saturated rings. The second-order valence-electron chi connectivity index (χ2n) is 3.83. The number of nitrogens with zero attached hydrogens (tertiary/aromatic N) is 3. The van der Waals surface area contributed by atoms with Gasteiger partial charge in [-0.1, -0.05) is 0 Å². The van der Waals surface area contributed by atoms with Gasteiger partial charge in [-0.3, -0.25) is 5.10 Å². The van der Waals surface area contributed by atoms with Crippen LogP contribution in [0.25, 0.3) is 11.0 Å². The Morgan fingerprint density at radius 3 is 2.74 bits per heavy atom. The molecular formula is C12H10ClN5S. The number of hydrogen-bond donors (Lipinski definition) is 2. The fraction of sp³-hybridized carbons (Fsp3) is 0.0833. The van der Waals surface area contributed by atoms with Crippen molar-refractivity contribution in [2.45, 2.75) is 4.90 Å². The van der Waals surface area contributed by atoms with Crippen molar-refractivity contribution < 1.29 is 0 Å². The monoisotopic (exact) mass is 291 g/mol. The zero-order valence-electron chi connectivity index (χ0n) is 10.0. The minimum Gasteiger partial charge on any atom is -0.339 e. The Kier molecular flexibility index (Phi) is 3.27. The van der Waals surface area contributed by atoms with E-state index in [-0.39, 0.29) is 5.28 Å². The van der Waals surface area contributed by atoms with Crippen LogP contribution in [0.5, 0.6) is 0 Å². The Balaban J connectivity index is 1.97. The average Bonchev–Trinajstić information content (AvgIpc) is 2.88. The van der Waals surface area contributed by atoms with Crippen LogP contribution in [-0.2, 0) is 0 Å². The fourth-order valence-corrected chi connectivity index (χ4v) is 2.29. The third-order valence-electron chi connectivity index (χ3n) is 2.64. The molecule has 3 aromatic rings. The number of benzene rings is 1. The van der Waals surface area contributed by atoms with Gasteiger partial charge >= 0.3 is 0 Å². The molecule has 0 atom stereocenters. The molecule has 7 heteroatoms. The largest absolute Gasteiger partial charge is 0.339 e. The SMILES string of the molecule is CSc1ccc(Nc2nc(Cl)nc3[nH]ncc23)cc1. The Morgan fingerprint density at radius 1 is 1.21 bits per heavy atom. The van der Waals surface area contributed by atoms with Gasteiger partial charge in [-0.2, -0.15) is 15.1 Å². The topological polar surface area (TPSA) is 66.5 Å². The highest BCUT2D eigenvalue weighted by Gasteiger charge is 2.08. The molecule has 2 N–H and O–H groups in total. The maximum Gasteiger partial charge on any atom is 0.226 e. The summed E-state index contributed by atoms with van der Waals surface area (Å²) in [5, 5.41) is 10.9. The first-order valence-corrected chi connectivity index (χ1v) is 7.14. The first-order chi connectivity index (χ1) is 9.26. The number of rotatable bonds is 3. The predicted molar refractivity (Wildman–Crippen MR) is 78.2 cm³/mol. The summed E-state index contributed by atoms with van der Waals surface area (Å²) in [5.41, 5.74) is 1.55. The van der Waals surface area contributed by atoms with Crippen molar-refractivity contribution in [3.63, 3.8) is 0 Å². The van der Waals surface area contributed by atoms with Crippen LogP contribution in [0.4, 0.5) is 11.5 Å². The second-order valence-corrected chi connectivity index (χ2v) is 5.04. The lowest BCUT2D eigenvalue weighted by atomic mass is 10.3. The van der Waals surface area contributed by atoms with Crippen LogP contribution in [0.2, 0.25) is 5.28 Å². The zero-order valence-corrected chi connectivity index (χ0v) is 11.6. The van der Waals surface area contributed by atoms with Crippen molar-refractivity contribution in [2.24, 2.45) is 0 Å². The summed E-state index contributed by atoms with van der Waals surface area (Å²) in [6.07, 6.45) is 3.71. The summed E-state index contributed by atoms with van der Waals surface area (Å²) in [4.78, 5) is 9.46. The molecule has 0 amide bonds. The number of anilines is 2. The second kappa shape index (κ2) is 5.07. The highest BCUT2D eigenvalue weighted by molar-refractivity contribution is 7.98. The minimum absolute atomic E-state index is 0.181. The molecule has 2 heterocycles. The van der Waals surface area contributed by atoms with Crippen molar-refractivity contribution in [1.82, 2.24) is 20.2 Å².